The molecule has 2 heterocycles. The van der Waals surface area contributed by atoms with Crippen LogP contribution in [0.1, 0.15) is 47.0 Å². The third-order valence-electron chi connectivity index (χ3n) is 4.69. The van der Waals surface area contributed by atoms with Crippen molar-refractivity contribution in [3.63, 3.8) is 0 Å². The summed E-state index contributed by atoms with van der Waals surface area (Å²) in [6.07, 6.45) is 3.93. The molecule has 2 aliphatic heterocycles. The van der Waals surface area contributed by atoms with Gasteiger partial charge in [0.1, 0.15) is 0 Å². The first kappa shape index (κ1) is 15.3. The van der Waals surface area contributed by atoms with Gasteiger partial charge in [-0.05, 0) is 46.1 Å². The Balaban J connectivity index is 1.88. The molecular formula is C16H32N2O. The SMILES string of the molecule is CCC1CCN(CC2(CNC(C)(C)C)CCOC2)C1. The van der Waals surface area contributed by atoms with E-state index in [1.807, 2.05) is 0 Å². The molecule has 1 N–H and O–H groups in total. The number of hydrogen-bond donors (Lipinski definition) is 1. The molecule has 2 unspecified atom stereocenters. The minimum absolute atomic E-state index is 0.201. The maximum absolute atomic E-state index is 5.72. The van der Waals surface area contributed by atoms with Crippen LogP contribution in [0.15, 0.2) is 0 Å². The molecule has 0 aromatic carbocycles. The van der Waals surface area contributed by atoms with Gasteiger partial charge < -0.3 is 15.0 Å². The number of nitrogens with one attached hydrogen (secondary N) is 1. The second-order valence-corrected chi connectivity index (χ2v) is 7.70. The van der Waals surface area contributed by atoms with Crippen LogP contribution in [0.4, 0.5) is 0 Å². The summed E-state index contributed by atoms with van der Waals surface area (Å²) in [6, 6.07) is 0. The molecule has 2 aliphatic rings. The number of ether oxygens (including phenoxy) is 1. The topological polar surface area (TPSA) is 24.5 Å². The van der Waals surface area contributed by atoms with E-state index in [1.165, 1.54) is 38.9 Å². The van der Waals surface area contributed by atoms with Crippen molar-refractivity contribution in [2.45, 2.75) is 52.5 Å². The van der Waals surface area contributed by atoms with E-state index in [1.54, 1.807) is 0 Å². The Hall–Kier alpha value is -0.120. The minimum Gasteiger partial charge on any atom is -0.381 e. The van der Waals surface area contributed by atoms with Crippen molar-refractivity contribution in [1.29, 1.82) is 0 Å². The lowest BCUT2D eigenvalue weighted by molar-refractivity contribution is 0.111. The fourth-order valence-electron chi connectivity index (χ4n) is 3.29. The molecule has 2 atom stereocenters. The van der Waals surface area contributed by atoms with Crippen LogP contribution in [0.3, 0.4) is 0 Å². The molecule has 3 nitrogen and oxygen atoms in total. The monoisotopic (exact) mass is 268 g/mol. The zero-order valence-electron chi connectivity index (χ0n) is 13.3. The highest BCUT2D eigenvalue weighted by atomic mass is 16.5. The summed E-state index contributed by atoms with van der Waals surface area (Å²) in [5.74, 6) is 0.926. The average Bonchev–Trinajstić information content (AvgIpc) is 2.96. The predicted octanol–water partition coefficient (Wildman–Crippen LogP) is 2.51. The second-order valence-electron chi connectivity index (χ2n) is 7.70. The van der Waals surface area contributed by atoms with Gasteiger partial charge in [0.15, 0.2) is 0 Å². The van der Waals surface area contributed by atoms with Crippen LogP contribution < -0.4 is 5.32 Å². The maximum Gasteiger partial charge on any atom is 0.0547 e. The largest absolute Gasteiger partial charge is 0.381 e. The molecule has 19 heavy (non-hydrogen) atoms. The molecule has 112 valence electrons. The Morgan fingerprint density at radius 2 is 2.16 bits per heavy atom. The molecule has 0 bridgehead atoms. The van der Waals surface area contributed by atoms with Crippen molar-refractivity contribution in [3.05, 3.63) is 0 Å². The molecule has 0 saturated carbocycles. The smallest absolute Gasteiger partial charge is 0.0547 e. The molecule has 0 aromatic heterocycles. The van der Waals surface area contributed by atoms with Crippen LogP contribution in [0.5, 0.6) is 0 Å². The van der Waals surface area contributed by atoms with Crippen LogP contribution in [-0.4, -0.2) is 49.8 Å². The first-order valence-electron chi connectivity index (χ1n) is 7.98. The molecule has 2 fully saturated rings. The zero-order chi connectivity index (χ0) is 13.9. The van der Waals surface area contributed by atoms with E-state index in [9.17, 15) is 0 Å². The molecule has 0 aromatic rings. The van der Waals surface area contributed by atoms with Gasteiger partial charge in [-0.25, -0.2) is 0 Å². The Bertz CT molecular complexity index is 279. The third kappa shape index (κ3) is 4.44. The standard InChI is InChI=1S/C16H32N2O/c1-5-14-6-8-18(10-14)12-16(7-9-19-13-16)11-17-15(2,3)4/h14,17H,5-13H2,1-4H3. The molecule has 0 radical (unpaired) electrons. The molecule has 0 spiro atoms. The summed E-state index contributed by atoms with van der Waals surface area (Å²) < 4.78 is 5.72. The van der Waals surface area contributed by atoms with E-state index >= 15 is 0 Å². The van der Waals surface area contributed by atoms with Crippen molar-refractivity contribution in [2.75, 3.05) is 39.4 Å². The lowest BCUT2D eigenvalue weighted by Crippen LogP contribution is -2.49. The Morgan fingerprint density at radius 3 is 2.68 bits per heavy atom. The first-order valence-corrected chi connectivity index (χ1v) is 7.98. The lowest BCUT2D eigenvalue weighted by atomic mass is 9.85. The maximum atomic E-state index is 5.72. The Morgan fingerprint density at radius 1 is 1.37 bits per heavy atom. The van der Waals surface area contributed by atoms with E-state index in [4.69, 9.17) is 4.74 Å². The van der Waals surface area contributed by atoms with E-state index in [0.717, 1.165) is 25.7 Å². The van der Waals surface area contributed by atoms with Gasteiger partial charge >= 0.3 is 0 Å². The van der Waals surface area contributed by atoms with Gasteiger partial charge in [-0.3, -0.25) is 0 Å². The summed E-state index contributed by atoms with van der Waals surface area (Å²) in [5.41, 5.74) is 0.544. The van der Waals surface area contributed by atoms with Crippen molar-refractivity contribution >= 4 is 0 Å². The quantitative estimate of drug-likeness (QED) is 0.829. The van der Waals surface area contributed by atoms with Gasteiger partial charge in [0.25, 0.3) is 0 Å². The third-order valence-corrected chi connectivity index (χ3v) is 4.69. The van der Waals surface area contributed by atoms with E-state index in [-0.39, 0.29) is 5.54 Å². The number of nitrogens with zero attached hydrogens (tertiary/aromatic N) is 1. The lowest BCUT2D eigenvalue weighted by Gasteiger charge is -2.35. The highest BCUT2D eigenvalue weighted by Gasteiger charge is 2.38. The van der Waals surface area contributed by atoms with Crippen LogP contribution >= 0.6 is 0 Å². The van der Waals surface area contributed by atoms with Gasteiger partial charge in [-0.15, -0.1) is 0 Å². The van der Waals surface area contributed by atoms with Gasteiger partial charge in [0.2, 0.25) is 0 Å². The highest BCUT2D eigenvalue weighted by molar-refractivity contribution is 4.92. The van der Waals surface area contributed by atoms with Crippen molar-refractivity contribution in [1.82, 2.24) is 10.2 Å². The second kappa shape index (κ2) is 6.11. The predicted molar refractivity (Wildman–Crippen MR) is 80.5 cm³/mol. The van der Waals surface area contributed by atoms with Crippen LogP contribution in [-0.2, 0) is 4.74 Å². The Kier molecular flexibility index (Phi) is 4.91. The molecule has 0 amide bonds. The number of rotatable bonds is 5. The van der Waals surface area contributed by atoms with Gasteiger partial charge in [0, 0.05) is 37.2 Å². The molecule has 3 heteroatoms. The van der Waals surface area contributed by atoms with Crippen molar-refractivity contribution in [3.8, 4) is 0 Å². The summed E-state index contributed by atoms with van der Waals surface area (Å²) in [6.45, 7) is 15.8. The number of likely N-dealkylation sites (tertiary alicyclic amines) is 1. The van der Waals surface area contributed by atoms with Gasteiger partial charge in [0.05, 0.1) is 6.61 Å². The van der Waals surface area contributed by atoms with Crippen molar-refractivity contribution in [2.24, 2.45) is 11.3 Å². The molecule has 2 saturated heterocycles. The fraction of sp³-hybridized carbons (Fsp3) is 1.00. The normalized spacial score (nSPS) is 33.2. The molecule has 2 rings (SSSR count). The van der Waals surface area contributed by atoms with E-state index in [0.29, 0.717) is 5.41 Å². The summed E-state index contributed by atoms with van der Waals surface area (Å²) in [5, 5.41) is 3.70. The van der Waals surface area contributed by atoms with E-state index < -0.39 is 0 Å². The summed E-state index contributed by atoms with van der Waals surface area (Å²) >= 11 is 0. The van der Waals surface area contributed by atoms with Crippen molar-refractivity contribution < 1.29 is 4.74 Å². The van der Waals surface area contributed by atoms with E-state index in [2.05, 4.69) is 37.9 Å². The van der Waals surface area contributed by atoms with Crippen LogP contribution in [0.2, 0.25) is 0 Å². The average molecular weight is 268 g/mol. The summed E-state index contributed by atoms with van der Waals surface area (Å²) in [7, 11) is 0. The van der Waals surface area contributed by atoms with Crippen LogP contribution in [0, 0.1) is 11.3 Å². The minimum atomic E-state index is 0.201. The molecule has 0 aliphatic carbocycles. The Labute approximate surface area is 119 Å². The van der Waals surface area contributed by atoms with Crippen LogP contribution in [0.25, 0.3) is 0 Å². The number of hydrogen-bond acceptors (Lipinski definition) is 3. The first-order chi connectivity index (χ1) is 8.92. The fourth-order valence-corrected chi connectivity index (χ4v) is 3.29. The zero-order valence-corrected chi connectivity index (χ0v) is 13.3. The molecular weight excluding hydrogens is 236 g/mol. The van der Waals surface area contributed by atoms with Gasteiger partial charge in [-0.1, -0.05) is 13.3 Å². The summed E-state index contributed by atoms with van der Waals surface area (Å²) in [4.78, 5) is 2.67. The highest BCUT2D eigenvalue weighted by Crippen LogP contribution is 2.32. The van der Waals surface area contributed by atoms with Gasteiger partial charge in [-0.2, -0.15) is 0 Å².